The van der Waals surface area contributed by atoms with Crippen molar-refractivity contribution in [1.82, 2.24) is 15.5 Å². The summed E-state index contributed by atoms with van der Waals surface area (Å²) < 4.78 is 26.8. The Balaban J connectivity index is 1.80. The Morgan fingerprint density at radius 1 is 1.04 bits per heavy atom. The molecule has 150 valence electrons. The van der Waals surface area contributed by atoms with E-state index in [2.05, 4.69) is 15.6 Å². The molecule has 0 unspecified atom stereocenters. The van der Waals surface area contributed by atoms with E-state index in [1.165, 1.54) is 6.07 Å². The van der Waals surface area contributed by atoms with Crippen LogP contribution in [0, 0.1) is 11.6 Å². The van der Waals surface area contributed by atoms with E-state index < -0.39 is 11.6 Å². The predicted octanol–water partition coefficient (Wildman–Crippen LogP) is 2.62. The SMILES string of the molecule is CN=C(NCCc1cccc(C(=O)N(C)C)c1)NCCc1cc(F)ccc1F. The smallest absolute Gasteiger partial charge is 0.253 e. The molecule has 0 atom stereocenters. The Bertz CT molecular complexity index is 837. The summed E-state index contributed by atoms with van der Waals surface area (Å²) in [6.07, 6.45) is 1.06. The molecule has 0 aliphatic carbocycles. The number of hydrogen-bond acceptors (Lipinski definition) is 2. The fraction of sp³-hybridized carbons (Fsp3) is 0.333. The molecule has 0 saturated carbocycles. The highest BCUT2D eigenvalue weighted by atomic mass is 19.1. The molecule has 0 radical (unpaired) electrons. The van der Waals surface area contributed by atoms with Gasteiger partial charge in [0.2, 0.25) is 0 Å². The lowest BCUT2D eigenvalue weighted by Gasteiger charge is -2.13. The first-order valence-corrected chi connectivity index (χ1v) is 9.09. The zero-order valence-corrected chi connectivity index (χ0v) is 16.4. The minimum absolute atomic E-state index is 0.0307. The second-order valence-corrected chi connectivity index (χ2v) is 6.56. The average Bonchev–Trinajstić information content (AvgIpc) is 2.68. The van der Waals surface area contributed by atoms with Crippen LogP contribution in [0.15, 0.2) is 47.5 Å². The minimum Gasteiger partial charge on any atom is -0.356 e. The van der Waals surface area contributed by atoms with Gasteiger partial charge >= 0.3 is 0 Å². The van der Waals surface area contributed by atoms with Crippen molar-refractivity contribution in [2.45, 2.75) is 12.8 Å². The third-order valence-electron chi connectivity index (χ3n) is 4.20. The van der Waals surface area contributed by atoms with Crippen LogP contribution in [-0.4, -0.2) is 51.0 Å². The quantitative estimate of drug-likeness (QED) is 0.566. The normalized spacial score (nSPS) is 11.2. The summed E-state index contributed by atoms with van der Waals surface area (Å²) in [5.74, 6) is -0.318. The molecule has 0 bridgehead atoms. The largest absolute Gasteiger partial charge is 0.356 e. The third kappa shape index (κ3) is 6.33. The first-order valence-electron chi connectivity index (χ1n) is 9.09. The molecule has 0 aliphatic heterocycles. The van der Waals surface area contributed by atoms with Gasteiger partial charge in [-0.1, -0.05) is 12.1 Å². The first kappa shape index (κ1) is 21.3. The average molecular weight is 388 g/mol. The highest BCUT2D eigenvalue weighted by molar-refractivity contribution is 5.94. The predicted molar refractivity (Wildman–Crippen MR) is 108 cm³/mol. The highest BCUT2D eigenvalue weighted by Gasteiger charge is 2.08. The van der Waals surface area contributed by atoms with E-state index in [-0.39, 0.29) is 5.91 Å². The van der Waals surface area contributed by atoms with Crippen LogP contribution in [-0.2, 0) is 12.8 Å². The lowest BCUT2D eigenvalue weighted by atomic mass is 10.1. The molecule has 7 heteroatoms. The molecule has 0 heterocycles. The number of amides is 1. The fourth-order valence-corrected chi connectivity index (χ4v) is 2.71. The Kier molecular flexibility index (Phi) is 7.92. The van der Waals surface area contributed by atoms with Crippen LogP contribution in [0.3, 0.4) is 0 Å². The maximum atomic E-state index is 13.6. The summed E-state index contributed by atoms with van der Waals surface area (Å²) in [4.78, 5) is 17.7. The molecule has 28 heavy (non-hydrogen) atoms. The van der Waals surface area contributed by atoms with Crippen molar-refractivity contribution in [2.24, 2.45) is 4.99 Å². The summed E-state index contributed by atoms with van der Waals surface area (Å²) >= 11 is 0. The van der Waals surface area contributed by atoms with Gasteiger partial charge in [0, 0.05) is 39.8 Å². The summed E-state index contributed by atoms with van der Waals surface area (Å²) in [5.41, 5.74) is 2.02. The van der Waals surface area contributed by atoms with Gasteiger partial charge in [0.25, 0.3) is 5.91 Å². The number of guanidine groups is 1. The van der Waals surface area contributed by atoms with Gasteiger partial charge in [0.05, 0.1) is 0 Å². The molecule has 2 aromatic carbocycles. The van der Waals surface area contributed by atoms with Crippen LogP contribution in [0.25, 0.3) is 0 Å². The van der Waals surface area contributed by atoms with E-state index in [9.17, 15) is 13.6 Å². The van der Waals surface area contributed by atoms with E-state index in [4.69, 9.17) is 0 Å². The van der Waals surface area contributed by atoms with Crippen LogP contribution in [0.1, 0.15) is 21.5 Å². The van der Waals surface area contributed by atoms with Crippen LogP contribution in [0.2, 0.25) is 0 Å². The lowest BCUT2D eigenvalue weighted by molar-refractivity contribution is 0.0827. The fourth-order valence-electron chi connectivity index (χ4n) is 2.71. The van der Waals surface area contributed by atoms with Crippen molar-refractivity contribution >= 4 is 11.9 Å². The van der Waals surface area contributed by atoms with Crippen molar-refractivity contribution in [3.8, 4) is 0 Å². The van der Waals surface area contributed by atoms with Gasteiger partial charge in [-0.05, 0) is 54.3 Å². The molecule has 0 aromatic heterocycles. The lowest BCUT2D eigenvalue weighted by Crippen LogP contribution is -2.39. The Morgan fingerprint density at radius 3 is 2.43 bits per heavy atom. The van der Waals surface area contributed by atoms with Crippen molar-refractivity contribution in [3.63, 3.8) is 0 Å². The Labute approximate surface area is 164 Å². The van der Waals surface area contributed by atoms with Gasteiger partial charge in [-0.2, -0.15) is 0 Å². The van der Waals surface area contributed by atoms with Crippen molar-refractivity contribution in [3.05, 3.63) is 70.8 Å². The van der Waals surface area contributed by atoms with Crippen molar-refractivity contribution in [1.29, 1.82) is 0 Å². The van der Waals surface area contributed by atoms with Crippen LogP contribution in [0.4, 0.5) is 8.78 Å². The Hall–Kier alpha value is -2.96. The van der Waals surface area contributed by atoms with E-state index in [0.29, 0.717) is 43.0 Å². The molecule has 2 N–H and O–H groups in total. The highest BCUT2D eigenvalue weighted by Crippen LogP contribution is 2.10. The zero-order valence-electron chi connectivity index (χ0n) is 16.4. The van der Waals surface area contributed by atoms with Gasteiger partial charge in [-0.25, -0.2) is 8.78 Å². The second kappa shape index (κ2) is 10.4. The molecular formula is C21H26F2N4O. The summed E-state index contributed by atoms with van der Waals surface area (Å²) in [7, 11) is 5.10. The number of carbonyl (C=O) groups excluding carboxylic acids is 1. The number of rotatable bonds is 7. The standard InChI is InChI=1S/C21H26F2N4O/c1-24-21(26-12-10-16-14-18(22)7-8-19(16)23)25-11-9-15-5-4-6-17(13-15)20(28)27(2)3/h4-8,13-14H,9-12H2,1-3H3,(H2,24,25,26). The molecule has 1 amide bonds. The number of benzene rings is 2. The molecule has 2 rings (SSSR count). The van der Waals surface area contributed by atoms with Gasteiger partial charge in [-0.3, -0.25) is 9.79 Å². The van der Waals surface area contributed by atoms with Gasteiger partial charge in [0.1, 0.15) is 11.6 Å². The van der Waals surface area contributed by atoms with Crippen molar-refractivity contribution < 1.29 is 13.6 Å². The number of nitrogens with zero attached hydrogens (tertiary/aromatic N) is 2. The van der Waals surface area contributed by atoms with Crippen LogP contribution in [0.5, 0.6) is 0 Å². The van der Waals surface area contributed by atoms with Crippen LogP contribution >= 0.6 is 0 Å². The second-order valence-electron chi connectivity index (χ2n) is 6.56. The molecule has 0 saturated heterocycles. The van der Waals surface area contributed by atoms with Crippen LogP contribution < -0.4 is 10.6 Å². The summed E-state index contributed by atoms with van der Waals surface area (Å²) in [5, 5.41) is 6.26. The van der Waals surface area contributed by atoms with E-state index in [0.717, 1.165) is 17.7 Å². The monoisotopic (exact) mass is 388 g/mol. The molecule has 0 aliphatic rings. The number of aliphatic imine (C=N–C) groups is 1. The molecular weight excluding hydrogens is 362 g/mol. The number of hydrogen-bond donors (Lipinski definition) is 2. The van der Waals surface area contributed by atoms with E-state index >= 15 is 0 Å². The van der Waals surface area contributed by atoms with Gasteiger partial charge in [0.15, 0.2) is 5.96 Å². The van der Waals surface area contributed by atoms with E-state index in [1.807, 2.05) is 18.2 Å². The summed E-state index contributed by atoms with van der Waals surface area (Å²) in [6, 6.07) is 11.0. The molecule has 2 aromatic rings. The maximum absolute atomic E-state index is 13.6. The third-order valence-corrected chi connectivity index (χ3v) is 4.20. The molecule has 0 spiro atoms. The Morgan fingerprint density at radius 2 is 1.75 bits per heavy atom. The first-order chi connectivity index (χ1) is 13.4. The number of carbonyl (C=O) groups is 1. The number of nitrogens with one attached hydrogen (secondary N) is 2. The molecule has 0 fully saturated rings. The van der Waals surface area contributed by atoms with Gasteiger partial charge < -0.3 is 15.5 Å². The minimum atomic E-state index is -0.450. The summed E-state index contributed by atoms with van der Waals surface area (Å²) in [6.45, 7) is 1.04. The van der Waals surface area contributed by atoms with Gasteiger partial charge in [-0.15, -0.1) is 0 Å². The topological polar surface area (TPSA) is 56.7 Å². The van der Waals surface area contributed by atoms with E-state index in [1.54, 1.807) is 32.1 Å². The molecule has 5 nitrogen and oxygen atoms in total. The van der Waals surface area contributed by atoms with Crippen molar-refractivity contribution in [2.75, 3.05) is 34.2 Å². The maximum Gasteiger partial charge on any atom is 0.253 e. The zero-order chi connectivity index (χ0) is 20.5. The number of halogens is 2.